The lowest BCUT2D eigenvalue weighted by atomic mass is 10.1. The van der Waals surface area contributed by atoms with E-state index in [9.17, 15) is 13.6 Å². The summed E-state index contributed by atoms with van der Waals surface area (Å²) in [6, 6.07) is 4.46. The number of alkyl halides is 2. The predicted molar refractivity (Wildman–Crippen MR) is 68.0 cm³/mol. The Morgan fingerprint density at radius 3 is 2.50 bits per heavy atom. The molecule has 0 saturated carbocycles. The van der Waals surface area contributed by atoms with E-state index in [0.29, 0.717) is 17.6 Å². The van der Waals surface area contributed by atoms with Gasteiger partial charge in [0.1, 0.15) is 5.75 Å². The second-order valence-electron chi connectivity index (χ2n) is 3.50. The number of amides is 1. The van der Waals surface area contributed by atoms with Crippen molar-refractivity contribution in [2.45, 2.75) is 20.5 Å². The second kappa shape index (κ2) is 6.68. The van der Waals surface area contributed by atoms with Gasteiger partial charge in [0.05, 0.1) is 5.56 Å². The van der Waals surface area contributed by atoms with Gasteiger partial charge in [-0.15, -0.1) is 0 Å². The average Bonchev–Trinajstić information content (AvgIpc) is 2.29. The molecule has 1 amide bonds. The molecule has 0 unspecified atom stereocenters. The Morgan fingerprint density at radius 1 is 1.39 bits per heavy atom. The minimum atomic E-state index is -2.96. The van der Waals surface area contributed by atoms with Gasteiger partial charge in [-0.3, -0.25) is 4.79 Å². The van der Waals surface area contributed by atoms with Crippen molar-refractivity contribution in [3.63, 3.8) is 0 Å². The van der Waals surface area contributed by atoms with Crippen LogP contribution in [0.5, 0.6) is 5.75 Å². The van der Waals surface area contributed by atoms with Crippen molar-refractivity contribution in [1.29, 1.82) is 0 Å². The van der Waals surface area contributed by atoms with Gasteiger partial charge < -0.3 is 9.64 Å². The molecular weight excluding hydrogens is 308 g/mol. The van der Waals surface area contributed by atoms with E-state index in [4.69, 9.17) is 0 Å². The number of hydrogen-bond acceptors (Lipinski definition) is 2. The van der Waals surface area contributed by atoms with Crippen LogP contribution >= 0.6 is 15.9 Å². The van der Waals surface area contributed by atoms with E-state index in [2.05, 4.69) is 20.7 Å². The minimum Gasteiger partial charge on any atom is -0.434 e. The van der Waals surface area contributed by atoms with E-state index in [1.807, 2.05) is 13.8 Å². The summed E-state index contributed by atoms with van der Waals surface area (Å²) in [7, 11) is 0. The number of benzene rings is 1. The molecule has 0 aromatic heterocycles. The number of carbonyl (C=O) groups excluding carboxylic acids is 1. The lowest BCUT2D eigenvalue weighted by Gasteiger charge is -2.20. The van der Waals surface area contributed by atoms with E-state index in [0.717, 1.165) is 0 Å². The molecule has 0 aliphatic heterocycles. The molecule has 0 radical (unpaired) electrons. The summed E-state index contributed by atoms with van der Waals surface area (Å²) in [4.78, 5) is 13.6. The van der Waals surface area contributed by atoms with Gasteiger partial charge in [-0.2, -0.15) is 8.78 Å². The van der Waals surface area contributed by atoms with Crippen LogP contribution in [-0.4, -0.2) is 30.5 Å². The van der Waals surface area contributed by atoms with E-state index in [-0.39, 0.29) is 17.2 Å². The van der Waals surface area contributed by atoms with Crippen LogP contribution in [0.4, 0.5) is 8.78 Å². The average molecular weight is 322 g/mol. The number of ether oxygens (including phenoxy) is 1. The molecule has 100 valence electrons. The quantitative estimate of drug-likeness (QED) is 0.830. The summed E-state index contributed by atoms with van der Waals surface area (Å²) in [5.41, 5.74) is 0.141. The normalized spacial score (nSPS) is 10.6. The summed E-state index contributed by atoms with van der Waals surface area (Å²) in [5.74, 6) is -0.431. The van der Waals surface area contributed by atoms with E-state index >= 15 is 0 Å². The molecule has 0 atom stereocenters. The smallest absolute Gasteiger partial charge is 0.387 e. The summed E-state index contributed by atoms with van der Waals surface area (Å²) < 4.78 is 29.5. The number of rotatable bonds is 5. The van der Waals surface area contributed by atoms with Crippen LogP contribution in [0.15, 0.2) is 22.7 Å². The summed E-state index contributed by atoms with van der Waals surface area (Å²) in [6.07, 6.45) is 0. The molecule has 1 aromatic rings. The van der Waals surface area contributed by atoms with Crippen molar-refractivity contribution in [3.8, 4) is 5.75 Å². The molecule has 0 aliphatic rings. The maximum absolute atomic E-state index is 12.3. The molecule has 0 heterocycles. The second-order valence-corrected chi connectivity index (χ2v) is 4.41. The van der Waals surface area contributed by atoms with E-state index in [1.54, 1.807) is 11.0 Å². The molecule has 1 rings (SSSR count). The Kier molecular flexibility index (Phi) is 5.53. The van der Waals surface area contributed by atoms with Gasteiger partial charge in [-0.05, 0) is 32.0 Å². The fourth-order valence-corrected chi connectivity index (χ4v) is 1.89. The van der Waals surface area contributed by atoms with Crippen LogP contribution in [0.25, 0.3) is 0 Å². The Morgan fingerprint density at radius 2 is 2.00 bits per heavy atom. The van der Waals surface area contributed by atoms with Gasteiger partial charge in [0.15, 0.2) is 0 Å². The van der Waals surface area contributed by atoms with Gasteiger partial charge in [0.2, 0.25) is 0 Å². The molecule has 0 spiro atoms. The van der Waals surface area contributed by atoms with Crippen LogP contribution in [0, 0.1) is 0 Å². The standard InChI is InChI=1S/C12H14BrF2NO2/c1-3-16(4-2)11(17)9-6-5-8(13)7-10(9)18-12(14)15/h5-7,12H,3-4H2,1-2H3. The Balaban J connectivity index is 3.10. The van der Waals surface area contributed by atoms with Gasteiger partial charge in [0, 0.05) is 17.6 Å². The van der Waals surface area contributed by atoms with Crippen LogP contribution in [0.1, 0.15) is 24.2 Å². The minimum absolute atomic E-state index is 0.115. The highest BCUT2D eigenvalue weighted by atomic mass is 79.9. The summed E-state index contributed by atoms with van der Waals surface area (Å²) in [6.45, 7) is 1.73. The van der Waals surface area contributed by atoms with Crippen LogP contribution in [0.3, 0.4) is 0 Å². The molecule has 0 aliphatic carbocycles. The largest absolute Gasteiger partial charge is 0.434 e. The van der Waals surface area contributed by atoms with Crippen molar-refractivity contribution < 1.29 is 18.3 Å². The molecule has 0 N–H and O–H groups in total. The first kappa shape index (κ1) is 14.9. The zero-order valence-corrected chi connectivity index (χ0v) is 11.7. The summed E-state index contributed by atoms with van der Waals surface area (Å²) >= 11 is 3.16. The first-order valence-electron chi connectivity index (χ1n) is 5.53. The maximum atomic E-state index is 12.3. The Labute approximate surface area is 113 Å². The highest BCUT2D eigenvalue weighted by Crippen LogP contribution is 2.26. The molecule has 3 nitrogen and oxygen atoms in total. The molecule has 0 fully saturated rings. The fraction of sp³-hybridized carbons (Fsp3) is 0.417. The van der Waals surface area contributed by atoms with Gasteiger partial charge in [-0.25, -0.2) is 0 Å². The molecule has 0 saturated heterocycles. The third-order valence-electron chi connectivity index (χ3n) is 2.44. The zero-order valence-electron chi connectivity index (χ0n) is 10.1. The van der Waals surface area contributed by atoms with Gasteiger partial charge in [0.25, 0.3) is 5.91 Å². The van der Waals surface area contributed by atoms with Crippen molar-refractivity contribution in [1.82, 2.24) is 4.90 Å². The van der Waals surface area contributed by atoms with Crippen LogP contribution in [0.2, 0.25) is 0 Å². The van der Waals surface area contributed by atoms with Crippen LogP contribution in [-0.2, 0) is 0 Å². The van der Waals surface area contributed by atoms with Gasteiger partial charge in [-0.1, -0.05) is 15.9 Å². The van der Waals surface area contributed by atoms with E-state index < -0.39 is 6.61 Å². The zero-order chi connectivity index (χ0) is 13.7. The third-order valence-corrected chi connectivity index (χ3v) is 2.93. The van der Waals surface area contributed by atoms with Crippen molar-refractivity contribution >= 4 is 21.8 Å². The van der Waals surface area contributed by atoms with Crippen molar-refractivity contribution in [3.05, 3.63) is 28.2 Å². The highest BCUT2D eigenvalue weighted by molar-refractivity contribution is 9.10. The van der Waals surface area contributed by atoms with Crippen LogP contribution < -0.4 is 4.74 Å². The highest BCUT2D eigenvalue weighted by Gasteiger charge is 2.19. The lowest BCUT2D eigenvalue weighted by molar-refractivity contribution is -0.0503. The topological polar surface area (TPSA) is 29.5 Å². The lowest BCUT2D eigenvalue weighted by Crippen LogP contribution is -2.31. The first-order chi connectivity index (χ1) is 8.49. The third kappa shape index (κ3) is 3.66. The van der Waals surface area contributed by atoms with Crippen molar-refractivity contribution in [2.24, 2.45) is 0 Å². The Hall–Kier alpha value is -1.17. The maximum Gasteiger partial charge on any atom is 0.387 e. The monoisotopic (exact) mass is 321 g/mol. The van der Waals surface area contributed by atoms with E-state index in [1.165, 1.54) is 12.1 Å². The molecule has 6 heteroatoms. The molecular formula is C12H14BrF2NO2. The number of halogens is 3. The van der Waals surface area contributed by atoms with Crippen molar-refractivity contribution in [2.75, 3.05) is 13.1 Å². The first-order valence-corrected chi connectivity index (χ1v) is 6.32. The number of nitrogens with zero attached hydrogens (tertiary/aromatic N) is 1. The van der Waals surface area contributed by atoms with Gasteiger partial charge >= 0.3 is 6.61 Å². The molecule has 1 aromatic carbocycles. The fourth-order valence-electron chi connectivity index (χ4n) is 1.55. The molecule has 18 heavy (non-hydrogen) atoms. The number of hydrogen-bond donors (Lipinski definition) is 0. The SMILES string of the molecule is CCN(CC)C(=O)c1ccc(Br)cc1OC(F)F. The number of carbonyl (C=O) groups is 1. The summed E-state index contributed by atoms with van der Waals surface area (Å²) in [5, 5.41) is 0. The Bertz CT molecular complexity index is 423. The predicted octanol–water partition coefficient (Wildman–Crippen LogP) is 3.53. The molecule has 0 bridgehead atoms.